The maximum absolute atomic E-state index is 12.3. The first-order valence-corrected chi connectivity index (χ1v) is 6.70. The van der Waals surface area contributed by atoms with E-state index in [1.807, 2.05) is 26.0 Å². The minimum Gasteiger partial charge on any atom is -0.496 e. The van der Waals surface area contributed by atoms with Crippen molar-refractivity contribution < 1.29 is 9.53 Å². The largest absolute Gasteiger partial charge is 0.496 e. The van der Waals surface area contributed by atoms with Crippen LogP contribution in [0.25, 0.3) is 0 Å². The molecule has 0 radical (unpaired) electrons. The van der Waals surface area contributed by atoms with Crippen LogP contribution >= 0.6 is 0 Å². The number of hydrogen-bond acceptors (Lipinski definition) is 3. The van der Waals surface area contributed by atoms with E-state index in [4.69, 9.17) is 10.5 Å². The van der Waals surface area contributed by atoms with Gasteiger partial charge in [0, 0.05) is 12.2 Å². The standard InChI is InChI=1S/C15H22N2O2/c1-10-11(2)13(19-3)6-5-12(10)17-14(18)15(9-16)7-4-8-15/h5-6H,4,7-9,16H2,1-3H3,(H,17,18). The number of nitrogens with two attached hydrogens (primary N) is 1. The first-order valence-electron chi connectivity index (χ1n) is 6.70. The lowest BCUT2D eigenvalue weighted by molar-refractivity contribution is -0.129. The number of carbonyl (C=O) groups excluding carboxylic acids is 1. The van der Waals surface area contributed by atoms with E-state index in [1.54, 1.807) is 7.11 Å². The molecule has 0 bridgehead atoms. The fraction of sp³-hybridized carbons (Fsp3) is 0.533. The van der Waals surface area contributed by atoms with Crippen molar-refractivity contribution >= 4 is 11.6 Å². The maximum Gasteiger partial charge on any atom is 0.231 e. The average Bonchev–Trinajstić information content (AvgIpc) is 2.35. The van der Waals surface area contributed by atoms with Gasteiger partial charge in [-0.05, 0) is 49.9 Å². The molecule has 0 unspecified atom stereocenters. The minimum atomic E-state index is -0.347. The van der Waals surface area contributed by atoms with Gasteiger partial charge in [-0.15, -0.1) is 0 Å². The van der Waals surface area contributed by atoms with Crippen molar-refractivity contribution in [3.8, 4) is 5.75 Å². The first kappa shape index (κ1) is 13.9. The van der Waals surface area contributed by atoms with Gasteiger partial charge in [0.05, 0.1) is 12.5 Å². The highest BCUT2D eigenvalue weighted by Gasteiger charge is 2.42. The quantitative estimate of drug-likeness (QED) is 0.875. The van der Waals surface area contributed by atoms with Crippen molar-refractivity contribution in [1.29, 1.82) is 0 Å². The second-order valence-electron chi connectivity index (χ2n) is 5.36. The van der Waals surface area contributed by atoms with Gasteiger partial charge in [0.2, 0.25) is 5.91 Å². The molecular formula is C15H22N2O2. The number of anilines is 1. The van der Waals surface area contributed by atoms with Gasteiger partial charge in [-0.25, -0.2) is 0 Å². The molecule has 1 fully saturated rings. The normalized spacial score (nSPS) is 16.6. The maximum atomic E-state index is 12.3. The molecule has 0 saturated heterocycles. The van der Waals surface area contributed by atoms with Crippen molar-refractivity contribution in [2.24, 2.45) is 11.1 Å². The third-order valence-electron chi connectivity index (χ3n) is 4.39. The van der Waals surface area contributed by atoms with Crippen molar-refractivity contribution in [2.75, 3.05) is 19.0 Å². The summed E-state index contributed by atoms with van der Waals surface area (Å²) in [5.41, 5.74) is 8.35. The van der Waals surface area contributed by atoms with Gasteiger partial charge in [-0.3, -0.25) is 4.79 Å². The molecule has 0 aliphatic heterocycles. The van der Waals surface area contributed by atoms with Crippen LogP contribution in [0, 0.1) is 19.3 Å². The molecule has 0 spiro atoms. The Labute approximate surface area is 114 Å². The molecular weight excluding hydrogens is 240 g/mol. The Morgan fingerprint density at radius 2 is 2.05 bits per heavy atom. The second-order valence-corrected chi connectivity index (χ2v) is 5.36. The molecule has 104 valence electrons. The summed E-state index contributed by atoms with van der Waals surface area (Å²) in [5, 5.41) is 3.02. The molecule has 1 aromatic carbocycles. The molecule has 1 aliphatic rings. The number of ether oxygens (including phenoxy) is 1. The highest BCUT2D eigenvalue weighted by Crippen LogP contribution is 2.41. The highest BCUT2D eigenvalue weighted by atomic mass is 16.5. The fourth-order valence-corrected chi connectivity index (χ4v) is 2.53. The minimum absolute atomic E-state index is 0.0499. The van der Waals surface area contributed by atoms with Crippen LogP contribution in [0.4, 0.5) is 5.69 Å². The van der Waals surface area contributed by atoms with Crippen LogP contribution in [0.15, 0.2) is 12.1 Å². The van der Waals surface area contributed by atoms with E-state index in [2.05, 4.69) is 5.32 Å². The van der Waals surface area contributed by atoms with E-state index in [0.29, 0.717) is 6.54 Å². The van der Waals surface area contributed by atoms with Crippen LogP contribution < -0.4 is 15.8 Å². The molecule has 0 atom stereocenters. The summed E-state index contributed by atoms with van der Waals surface area (Å²) in [7, 11) is 1.65. The first-order chi connectivity index (χ1) is 9.04. The number of methoxy groups -OCH3 is 1. The predicted molar refractivity (Wildman–Crippen MR) is 76.4 cm³/mol. The van der Waals surface area contributed by atoms with Crippen molar-refractivity contribution in [3.63, 3.8) is 0 Å². The van der Waals surface area contributed by atoms with E-state index in [1.165, 1.54) is 0 Å². The van der Waals surface area contributed by atoms with Gasteiger partial charge in [0.25, 0.3) is 0 Å². The number of nitrogens with one attached hydrogen (secondary N) is 1. The third-order valence-corrected chi connectivity index (χ3v) is 4.39. The highest BCUT2D eigenvalue weighted by molar-refractivity contribution is 5.97. The monoisotopic (exact) mass is 262 g/mol. The summed E-state index contributed by atoms with van der Waals surface area (Å²) in [4.78, 5) is 12.3. The van der Waals surface area contributed by atoms with E-state index in [0.717, 1.165) is 41.8 Å². The van der Waals surface area contributed by atoms with Gasteiger partial charge in [-0.1, -0.05) is 6.42 Å². The van der Waals surface area contributed by atoms with Crippen LogP contribution in [0.2, 0.25) is 0 Å². The number of rotatable bonds is 4. The number of hydrogen-bond donors (Lipinski definition) is 2. The lowest BCUT2D eigenvalue weighted by Gasteiger charge is -2.39. The van der Waals surface area contributed by atoms with Gasteiger partial charge < -0.3 is 15.8 Å². The molecule has 0 heterocycles. The Hall–Kier alpha value is -1.55. The van der Waals surface area contributed by atoms with Crippen molar-refractivity contribution in [1.82, 2.24) is 0 Å². The summed E-state index contributed by atoms with van der Waals surface area (Å²) in [6.45, 7) is 4.41. The predicted octanol–water partition coefficient (Wildman–Crippen LogP) is 2.38. The number of carbonyl (C=O) groups is 1. The molecule has 3 N–H and O–H groups in total. The van der Waals surface area contributed by atoms with Gasteiger partial charge >= 0.3 is 0 Å². The molecule has 1 aromatic rings. The van der Waals surface area contributed by atoms with Crippen LogP contribution in [0.1, 0.15) is 30.4 Å². The number of benzene rings is 1. The molecule has 19 heavy (non-hydrogen) atoms. The molecule has 1 saturated carbocycles. The summed E-state index contributed by atoms with van der Waals surface area (Å²) < 4.78 is 5.27. The Morgan fingerprint density at radius 3 is 2.53 bits per heavy atom. The lowest BCUT2D eigenvalue weighted by Crippen LogP contribution is -2.47. The zero-order chi connectivity index (χ0) is 14.0. The zero-order valence-electron chi connectivity index (χ0n) is 11.9. The van der Waals surface area contributed by atoms with E-state index in [-0.39, 0.29) is 11.3 Å². The lowest BCUT2D eigenvalue weighted by atomic mass is 9.68. The smallest absolute Gasteiger partial charge is 0.231 e. The van der Waals surface area contributed by atoms with E-state index >= 15 is 0 Å². The van der Waals surface area contributed by atoms with Crippen LogP contribution in [0.3, 0.4) is 0 Å². The van der Waals surface area contributed by atoms with Gasteiger partial charge in [0.1, 0.15) is 5.75 Å². The Bertz CT molecular complexity index is 488. The molecule has 1 amide bonds. The summed E-state index contributed by atoms with van der Waals surface area (Å²) >= 11 is 0. The van der Waals surface area contributed by atoms with E-state index in [9.17, 15) is 4.79 Å². The van der Waals surface area contributed by atoms with E-state index < -0.39 is 0 Å². The average molecular weight is 262 g/mol. The van der Waals surface area contributed by atoms with Crippen LogP contribution in [-0.4, -0.2) is 19.6 Å². The number of amides is 1. The third kappa shape index (κ3) is 2.32. The topological polar surface area (TPSA) is 64.3 Å². The Balaban J connectivity index is 2.20. The molecule has 0 aromatic heterocycles. The summed E-state index contributed by atoms with van der Waals surface area (Å²) in [6.07, 6.45) is 2.87. The fourth-order valence-electron chi connectivity index (χ4n) is 2.53. The van der Waals surface area contributed by atoms with Crippen molar-refractivity contribution in [3.05, 3.63) is 23.3 Å². The summed E-state index contributed by atoms with van der Waals surface area (Å²) in [5.74, 6) is 0.890. The SMILES string of the molecule is COc1ccc(NC(=O)C2(CN)CCC2)c(C)c1C. The zero-order valence-corrected chi connectivity index (χ0v) is 11.9. The van der Waals surface area contributed by atoms with Crippen LogP contribution in [-0.2, 0) is 4.79 Å². The van der Waals surface area contributed by atoms with Crippen LogP contribution in [0.5, 0.6) is 5.75 Å². The van der Waals surface area contributed by atoms with Crippen molar-refractivity contribution in [2.45, 2.75) is 33.1 Å². The molecule has 1 aliphatic carbocycles. The second kappa shape index (κ2) is 5.21. The van der Waals surface area contributed by atoms with Gasteiger partial charge in [-0.2, -0.15) is 0 Å². The molecule has 2 rings (SSSR count). The summed E-state index contributed by atoms with van der Waals surface area (Å²) in [6, 6.07) is 3.77. The molecule has 4 nitrogen and oxygen atoms in total. The van der Waals surface area contributed by atoms with Gasteiger partial charge in [0.15, 0.2) is 0 Å². The Morgan fingerprint density at radius 1 is 1.37 bits per heavy atom. The Kier molecular flexibility index (Phi) is 3.80. The molecule has 4 heteroatoms.